The summed E-state index contributed by atoms with van der Waals surface area (Å²) < 4.78 is 13.2. The monoisotopic (exact) mass is 288 g/mol. The summed E-state index contributed by atoms with van der Waals surface area (Å²) in [6.45, 7) is 3.15. The molecule has 104 valence electrons. The number of carbonyl (C=O) groups excluding carboxylic acids is 1. The Kier molecular flexibility index (Phi) is 4.72. The lowest BCUT2D eigenvalue weighted by molar-refractivity contribution is -0.138. The van der Waals surface area contributed by atoms with Gasteiger partial charge in [0.25, 0.3) is 0 Å². The average molecular weight is 289 g/mol. The molecular weight excluding hydrogens is 275 g/mol. The summed E-state index contributed by atoms with van der Waals surface area (Å²) in [6, 6.07) is 3.21. The third-order valence-corrected chi connectivity index (χ3v) is 2.53. The number of hydrogen-bond donors (Lipinski definition) is 3. The van der Waals surface area contributed by atoms with E-state index in [0.717, 1.165) is 6.07 Å². The zero-order valence-corrected chi connectivity index (χ0v) is 11.2. The highest BCUT2D eigenvalue weighted by molar-refractivity contribution is 6.30. The maximum absolute atomic E-state index is 13.2. The highest BCUT2D eigenvalue weighted by Gasteiger charge is 2.23. The van der Waals surface area contributed by atoms with Crippen molar-refractivity contribution in [1.29, 1.82) is 0 Å². The van der Waals surface area contributed by atoms with Crippen LogP contribution in [-0.2, 0) is 4.79 Å². The van der Waals surface area contributed by atoms with E-state index in [-0.39, 0.29) is 17.1 Å². The van der Waals surface area contributed by atoms with Crippen LogP contribution in [0.5, 0.6) is 0 Å². The van der Waals surface area contributed by atoms with Crippen molar-refractivity contribution in [3.8, 4) is 0 Å². The van der Waals surface area contributed by atoms with E-state index in [4.69, 9.17) is 16.7 Å². The number of carbonyl (C=O) groups is 2. The summed E-state index contributed by atoms with van der Waals surface area (Å²) in [6.07, 6.45) is -0.227. The molecule has 0 fully saturated rings. The molecule has 0 aliphatic heterocycles. The van der Waals surface area contributed by atoms with Crippen molar-refractivity contribution in [1.82, 2.24) is 5.32 Å². The SMILES string of the molecule is CC(C)(CC(=O)O)NC(=O)Nc1ccc(Cl)c(F)c1. The van der Waals surface area contributed by atoms with Crippen molar-refractivity contribution in [3.05, 3.63) is 29.0 Å². The third-order valence-electron chi connectivity index (χ3n) is 2.22. The van der Waals surface area contributed by atoms with Crippen molar-refractivity contribution in [2.45, 2.75) is 25.8 Å². The summed E-state index contributed by atoms with van der Waals surface area (Å²) in [5.74, 6) is -1.67. The van der Waals surface area contributed by atoms with Gasteiger partial charge in [0.1, 0.15) is 5.82 Å². The molecule has 0 bridgehead atoms. The Bertz CT molecular complexity index is 506. The van der Waals surface area contributed by atoms with E-state index in [1.54, 1.807) is 13.8 Å². The molecule has 1 rings (SSSR count). The van der Waals surface area contributed by atoms with Gasteiger partial charge in [-0.15, -0.1) is 0 Å². The number of carboxylic acids is 1. The van der Waals surface area contributed by atoms with E-state index in [9.17, 15) is 14.0 Å². The first-order valence-corrected chi connectivity index (χ1v) is 5.83. The predicted molar refractivity (Wildman–Crippen MR) is 69.9 cm³/mol. The van der Waals surface area contributed by atoms with Crippen molar-refractivity contribution >= 4 is 29.3 Å². The number of rotatable bonds is 4. The van der Waals surface area contributed by atoms with Crippen LogP contribution in [0.1, 0.15) is 20.3 Å². The molecule has 0 radical (unpaired) electrons. The van der Waals surface area contributed by atoms with Crippen LogP contribution in [-0.4, -0.2) is 22.6 Å². The molecule has 0 atom stereocenters. The van der Waals surface area contributed by atoms with Crippen LogP contribution >= 0.6 is 11.6 Å². The van der Waals surface area contributed by atoms with Gasteiger partial charge in [0.15, 0.2) is 0 Å². The molecule has 0 saturated heterocycles. The summed E-state index contributed by atoms with van der Waals surface area (Å²) in [4.78, 5) is 22.2. The van der Waals surface area contributed by atoms with Crippen LogP contribution in [0.15, 0.2) is 18.2 Å². The number of halogens is 2. The summed E-state index contributed by atoms with van der Waals surface area (Å²) >= 11 is 5.51. The van der Waals surface area contributed by atoms with Gasteiger partial charge in [-0.2, -0.15) is 0 Å². The first-order chi connectivity index (χ1) is 8.69. The van der Waals surface area contributed by atoms with Gasteiger partial charge in [0.05, 0.1) is 11.4 Å². The number of nitrogens with one attached hydrogen (secondary N) is 2. The van der Waals surface area contributed by atoms with Crippen LogP contribution < -0.4 is 10.6 Å². The smallest absolute Gasteiger partial charge is 0.319 e. The van der Waals surface area contributed by atoms with Gasteiger partial charge in [-0.25, -0.2) is 9.18 Å². The lowest BCUT2D eigenvalue weighted by atomic mass is 10.0. The normalized spacial score (nSPS) is 10.9. The minimum Gasteiger partial charge on any atom is -0.481 e. The number of amides is 2. The van der Waals surface area contributed by atoms with E-state index in [0.29, 0.717) is 0 Å². The minimum atomic E-state index is -1.03. The lowest BCUT2D eigenvalue weighted by Crippen LogP contribution is -2.46. The van der Waals surface area contributed by atoms with Crippen LogP contribution in [0, 0.1) is 5.82 Å². The van der Waals surface area contributed by atoms with Crippen LogP contribution in [0.25, 0.3) is 0 Å². The molecular formula is C12H14ClFN2O3. The number of urea groups is 1. The fourth-order valence-corrected chi connectivity index (χ4v) is 1.58. The Morgan fingerprint density at radius 2 is 2.05 bits per heavy atom. The fourth-order valence-electron chi connectivity index (χ4n) is 1.47. The zero-order valence-electron chi connectivity index (χ0n) is 10.5. The second-order valence-corrected chi connectivity index (χ2v) is 5.07. The molecule has 0 heterocycles. The van der Waals surface area contributed by atoms with E-state index in [2.05, 4.69) is 10.6 Å². The van der Waals surface area contributed by atoms with Crippen LogP contribution in [0.4, 0.5) is 14.9 Å². The maximum atomic E-state index is 13.2. The van der Waals surface area contributed by atoms with E-state index in [1.807, 2.05) is 0 Å². The quantitative estimate of drug-likeness (QED) is 0.797. The molecule has 0 saturated carbocycles. The molecule has 7 heteroatoms. The van der Waals surface area contributed by atoms with Crippen molar-refractivity contribution in [3.63, 3.8) is 0 Å². The first kappa shape index (κ1) is 15.2. The predicted octanol–water partition coefficient (Wildman–Crippen LogP) is 2.85. The number of aliphatic carboxylic acids is 1. The summed E-state index contributed by atoms with van der Waals surface area (Å²) in [5, 5.41) is 13.5. The molecule has 3 N–H and O–H groups in total. The number of benzene rings is 1. The molecule has 0 aromatic heterocycles. The van der Waals surface area contributed by atoms with Gasteiger partial charge in [-0.3, -0.25) is 4.79 Å². The Balaban J connectivity index is 2.64. The molecule has 1 aromatic carbocycles. The van der Waals surface area contributed by atoms with Crippen LogP contribution in [0.3, 0.4) is 0 Å². The van der Waals surface area contributed by atoms with Crippen LogP contribution in [0.2, 0.25) is 5.02 Å². The number of hydrogen-bond acceptors (Lipinski definition) is 2. The number of anilines is 1. The third kappa shape index (κ3) is 5.13. The van der Waals surface area contributed by atoms with Crippen molar-refractivity contribution in [2.24, 2.45) is 0 Å². The van der Waals surface area contributed by atoms with E-state index in [1.165, 1.54) is 12.1 Å². The molecule has 5 nitrogen and oxygen atoms in total. The lowest BCUT2D eigenvalue weighted by Gasteiger charge is -2.24. The van der Waals surface area contributed by atoms with Gasteiger partial charge in [-0.1, -0.05) is 11.6 Å². The van der Waals surface area contributed by atoms with Gasteiger partial charge in [0.2, 0.25) is 0 Å². The highest BCUT2D eigenvalue weighted by Crippen LogP contribution is 2.18. The Morgan fingerprint density at radius 1 is 1.42 bits per heavy atom. The molecule has 1 aromatic rings. The van der Waals surface area contributed by atoms with Crippen molar-refractivity contribution < 1.29 is 19.1 Å². The molecule has 19 heavy (non-hydrogen) atoms. The molecule has 0 aliphatic rings. The highest BCUT2D eigenvalue weighted by atomic mass is 35.5. The molecule has 0 aliphatic carbocycles. The second-order valence-electron chi connectivity index (χ2n) is 4.66. The minimum absolute atomic E-state index is 0.0443. The Morgan fingerprint density at radius 3 is 2.58 bits per heavy atom. The van der Waals surface area contributed by atoms with Gasteiger partial charge >= 0.3 is 12.0 Å². The zero-order chi connectivity index (χ0) is 14.6. The Labute approximate surface area is 114 Å². The summed E-state index contributed by atoms with van der Waals surface area (Å²) in [5.41, 5.74) is -0.688. The summed E-state index contributed by atoms with van der Waals surface area (Å²) in [7, 11) is 0. The van der Waals surface area contributed by atoms with Crippen molar-refractivity contribution in [2.75, 3.05) is 5.32 Å². The van der Waals surface area contributed by atoms with E-state index >= 15 is 0 Å². The Hall–Kier alpha value is -1.82. The average Bonchev–Trinajstić information content (AvgIpc) is 2.20. The van der Waals surface area contributed by atoms with Gasteiger partial charge < -0.3 is 15.7 Å². The van der Waals surface area contributed by atoms with E-state index < -0.39 is 23.4 Å². The fraction of sp³-hybridized carbons (Fsp3) is 0.333. The maximum Gasteiger partial charge on any atom is 0.319 e. The second kappa shape index (κ2) is 5.88. The number of carboxylic acid groups (broad SMARTS) is 1. The first-order valence-electron chi connectivity index (χ1n) is 5.45. The largest absolute Gasteiger partial charge is 0.481 e. The molecule has 2 amide bonds. The molecule has 0 spiro atoms. The van der Waals surface area contributed by atoms with Gasteiger partial charge in [-0.05, 0) is 32.0 Å². The topological polar surface area (TPSA) is 78.4 Å². The molecule has 0 unspecified atom stereocenters. The standard InChI is InChI=1S/C12H14ClFN2O3/c1-12(2,6-10(17)18)16-11(19)15-7-3-4-8(13)9(14)5-7/h3-5H,6H2,1-2H3,(H,17,18)(H2,15,16,19). The van der Waals surface area contributed by atoms with Gasteiger partial charge in [0, 0.05) is 11.2 Å².